The summed E-state index contributed by atoms with van der Waals surface area (Å²) in [5, 5.41) is 3.64. The van der Waals surface area contributed by atoms with Gasteiger partial charge >= 0.3 is 0 Å². The topological polar surface area (TPSA) is 38.3 Å². The van der Waals surface area contributed by atoms with E-state index >= 15 is 0 Å². The van der Waals surface area contributed by atoms with E-state index in [1.54, 1.807) is 36.4 Å². The van der Waals surface area contributed by atoms with Crippen LogP contribution in [0.5, 0.6) is 5.75 Å². The average Bonchev–Trinajstić information content (AvgIpc) is 2.51. The Hall–Kier alpha value is -1.71. The number of benzene rings is 2. The van der Waals surface area contributed by atoms with Crippen LogP contribution >= 0.6 is 23.2 Å². The van der Waals surface area contributed by atoms with Gasteiger partial charge in [-0.05, 0) is 42.7 Å². The van der Waals surface area contributed by atoms with Crippen LogP contribution < -0.4 is 10.1 Å². The maximum absolute atomic E-state index is 12.5. The van der Waals surface area contributed by atoms with Gasteiger partial charge in [-0.25, -0.2) is 0 Å². The first-order valence-corrected chi connectivity index (χ1v) is 8.21. The number of rotatable bonds is 6. The first kappa shape index (κ1) is 17.6. The molecule has 0 fully saturated rings. The summed E-state index contributed by atoms with van der Waals surface area (Å²) in [6.45, 7) is 4.84. The number of hydrogen-bond donors (Lipinski definition) is 1. The highest BCUT2D eigenvalue weighted by molar-refractivity contribution is 6.42. The largest absolute Gasteiger partial charge is 0.493 e. The lowest BCUT2D eigenvalue weighted by Gasteiger charge is -2.13. The molecule has 0 heterocycles. The summed E-state index contributed by atoms with van der Waals surface area (Å²) >= 11 is 11.8. The number of hydrogen-bond acceptors (Lipinski definition) is 2. The van der Waals surface area contributed by atoms with Crippen molar-refractivity contribution in [2.45, 2.75) is 20.3 Å². The van der Waals surface area contributed by atoms with Crippen LogP contribution in [0.25, 0.3) is 0 Å². The van der Waals surface area contributed by atoms with Gasteiger partial charge in [-0.2, -0.15) is 0 Å². The molecular weight excluding hydrogens is 333 g/mol. The summed E-state index contributed by atoms with van der Waals surface area (Å²) in [6, 6.07) is 12.1. The molecule has 0 saturated carbocycles. The third-order valence-electron chi connectivity index (χ3n) is 3.26. The molecule has 122 valence electrons. The summed E-state index contributed by atoms with van der Waals surface area (Å²) in [6.07, 6.45) is 0.933. The molecule has 5 heteroatoms. The molecule has 2 aromatic carbocycles. The van der Waals surface area contributed by atoms with Gasteiger partial charge in [-0.3, -0.25) is 4.79 Å². The molecule has 0 aliphatic heterocycles. The summed E-state index contributed by atoms with van der Waals surface area (Å²) in [5.41, 5.74) is 1.07. The number of ether oxygens (including phenoxy) is 1. The number of amides is 1. The molecule has 1 amide bonds. The van der Waals surface area contributed by atoms with Crippen molar-refractivity contribution in [3.05, 3.63) is 58.1 Å². The first-order valence-electron chi connectivity index (χ1n) is 7.45. The zero-order chi connectivity index (χ0) is 16.8. The van der Waals surface area contributed by atoms with Crippen molar-refractivity contribution >= 4 is 34.8 Å². The van der Waals surface area contributed by atoms with E-state index in [0.29, 0.717) is 39.6 Å². The van der Waals surface area contributed by atoms with Crippen LogP contribution in [0.1, 0.15) is 30.6 Å². The second-order valence-corrected chi connectivity index (χ2v) is 6.42. The van der Waals surface area contributed by atoms with Crippen molar-refractivity contribution < 1.29 is 9.53 Å². The van der Waals surface area contributed by atoms with E-state index in [1.807, 2.05) is 6.07 Å². The summed E-state index contributed by atoms with van der Waals surface area (Å²) in [5.74, 6) is 0.876. The van der Waals surface area contributed by atoms with E-state index in [-0.39, 0.29) is 5.91 Å². The molecule has 0 aliphatic rings. The van der Waals surface area contributed by atoms with Crippen LogP contribution in [0.2, 0.25) is 10.0 Å². The van der Waals surface area contributed by atoms with Crippen LogP contribution in [0.3, 0.4) is 0 Å². The molecule has 0 saturated heterocycles. The molecule has 2 rings (SSSR count). The Balaban J connectivity index is 2.10. The summed E-state index contributed by atoms with van der Waals surface area (Å²) in [7, 11) is 0. The zero-order valence-corrected chi connectivity index (χ0v) is 14.6. The highest BCUT2D eigenvalue weighted by Crippen LogP contribution is 2.26. The molecule has 0 spiro atoms. The molecule has 0 unspecified atom stereocenters. The van der Waals surface area contributed by atoms with Crippen molar-refractivity contribution in [3.63, 3.8) is 0 Å². The van der Waals surface area contributed by atoms with Crippen LogP contribution in [-0.4, -0.2) is 12.5 Å². The molecule has 0 atom stereocenters. The maximum atomic E-state index is 12.5. The van der Waals surface area contributed by atoms with Gasteiger partial charge in [-0.1, -0.05) is 49.2 Å². The maximum Gasteiger partial charge on any atom is 0.259 e. The SMILES string of the molecule is CC(C)CCOc1ccccc1C(=O)Nc1ccc(Cl)c(Cl)c1. The normalized spacial score (nSPS) is 10.7. The minimum Gasteiger partial charge on any atom is -0.493 e. The Bertz CT molecular complexity index is 686. The smallest absolute Gasteiger partial charge is 0.259 e. The van der Waals surface area contributed by atoms with Gasteiger partial charge < -0.3 is 10.1 Å². The molecule has 2 aromatic rings. The van der Waals surface area contributed by atoms with Gasteiger partial charge in [0, 0.05) is 5.69 Å². The Morgan fingerprint density at radius 3 is 2.57 bits per heavy atom. The fourth-order valence-electron chi connectivity index (χ4n) is 1.96. The fourth-order valence-corrected chi connectivity index (χ4v) is 2.26. The van der Waals surface area contributed by atoms with E-state index in [9.17, 15) is 4.79 Å². The number of halogens is 2. The lowest BCUT2D eigenvalue weighted by Crippen LogP contribution is -2.14. The van der Waals surface area contributed by atoms with Crippen molar-refractivity contribution in [1.82, 2.24) is 0 Å². The third-order valence-corrected chi connectivity index (χ3v) is 4.00. The fraction of sp³-hybridized carbons (Fsp3) is 0.278. The van der Waals surface area contributed by atoms with E-state index in [4.69, 9.17) is 27.9 Å². The van der Waals surface area contributed by atoms with E-state index in [1.165, 1.54) is 0 Å². The van der Waals surface area contributed by atoms with E-state index in [2.05, 4.69) is 19.2 Å². The molecule has 1 N–H and O–H groups in total. The Morgan fingerprint density at radius 1 is 1.13 bits per heavy atom. The number of carbonyl (C=O) groups is 1. The Labute approximate surface area is 146 Å². The highest BCUT2D eigenvalue weighted by Gasteiger charge is 2.13. The molecule has 0 aliphatic carbocycles. The lowest BCUT2D eigenvalue weighted by atomic mass is 10.1. The number of nitrogens with one attached hydrogen (secondary N) is 1. The predicted octanol–water partition coefficient (Wildman–Crippen LogP) is 5.67. The van der Waals surface area contributed by atoms with Gasteiger partial charge in [-0.15, -0.1) is 0 Å². The van der Waals surface area contributed by atoms with Gasteiger partial charge in [0.2, 0.25) is 0 Å². The van der Waals surface area contributed by atoms with Gasteiger partial charge in [0.05, 0.1) is 22.2 Å². The van der Waals surface area contributed by atoms with Crippen molar-refractivity contribution in [2.75, 3.05) is 11.9 Å². The quantitative estimate of drug-likeness (QED) is 0.727. The molecule has 0 bridgehead atoms. The van der Waals surface area contributed by atoms with Gasteiger partial charge in [0.15, 0.2) is 0 Å². The Kier molecular flexibility index (Phi) is 6.31. The standard InChI is InChI=1S/C18H19Cl2NO2/c1-12(2)9-10-23-17-6-4-3-5-14(17)18(22)21-13-7-8-15(19)16(20)11-13/h3-8,11-12H,9-10H2,1-2H3,(H,21,22). The molecule has 23 heavy (non-hydrogen) atoms. The van der Waals surface area contributed by atoms with Crippen LogP contribution in [0.4, 0.5) is 5.69 Å². The minimum atomic E-state index is -0.247. The molecule has 0 radical (unpaired) electrons. The van der Waals surface area contributed by atoms with Crippen LogP contribution in [-0.2, 0) is 0 Å². The summed E-state index contributed by atoms with van der Waals surface area (Å²) < 4.78 is 5.74. The second-order valence-electron chi connectivity index (χ2n) is 5.61. The molecular formula is C18H19Cl2NO2. The van der Waals surface area contributed by atoms with Crippen LogP contribution in [0.15, 0.2) is 42.5 Å². The van der Waals surface area contributed by atoms with E-state index in [0.717, 1.165) is 6.42 Å². The van der Waals surface area contributed by atoms with Crippen LogP contribution in [0, 0.1) is 5.92 Å². The predicted molar refractivity (Wildman–Crippen MR) is 95.8 cm³/mol. The number of anilines is 1. The van der Waals surface area contributed by atoms with E-state index < -0.39 is 0 Å². The van der Waals surface area contributed by atoms with Crippen molar-refractivity contribution in [1.29, 1.82) is 0 Å². The van der Waals surface area contributed by atoms with Crippen molar-refractivity contribution in [3.8, 4) is 5.75 Å². The summed E-state index contributed by atoms with van der Waals surface area (Å²) in [4.78, 5) is 12.5. The third kappa shape index (κ3) is 5.15. The average molecular weight is 352 g/mol. The lowest BCUT2D eigenvalue weighted by molar-refractivity contribution is 0.102. The molecule has 3 nitrogen and oxygen atoms in total. The second kappa shape index (κ2) is 8.23. The minimum absolute atomic E-state index is 0.247. The zero-order valence-electron chi connectivity index (χ0n) is 13.1. The van der Waals surface area contributed by atoms with Gasteiger partial charge in [0.1, 0.15) is 5.75 Å². The first-order chi connectivity index (χ1) is 11.0. The monoisotopic (exact) mass is 351 g/mol. The Morgan fingerprint density at radius 2 is 1.87 bits per heavy atom. The number of carbonyl (C=O) groups excluding carboxylic acids is 1. The highest BCUT2D eigenvalue weighted by atomic mass is 35.5. The van der Waals surface area contributed by atoms with Crippen molar-refractivity contribution in [2.24, 2.45) is 5.92 Å². The van der Waals surface area contributed by atoms with Gasteiger partial charge in [0.25, 0.3) is 5.91 Å². The molecule has 0 aromatic heterocycles. The number of para-hydroxylation sites is 1.